The number of aromatic nitrogens is 4. The van der Waals surface area contributed by atoms with Crippen molar-refractivity contribution in [1.82, 2.24) is 29.7 Å². The van der Waals surface area contributed by atoms with E-state index < -0.39 is 0 Å². The lowest BCUT2D eigenvalue weighted by molar-refractivity contribution is -0.150. The Bertz CT molecular complexity index is 1080. The number of hydrogen-bond donors (Lipinski definition) is 0. The molecule has 1 aliphatic carbocycles. The summed E-state index contributed by atoms with van der Waals surface area (Å²) < 4.78 is 11.3. The second-order valence-corrected chi connectivity index (χ2v) is 12.7. The summed E-state index contributed by atoms with van der Waals surface area (Å²) in [7, 11) is 0. The molecule has 47 heavy (non-hydrogen) atoms. The minimum atomic E-state index is -0.307. The van der Waals surface area contributed by atoms with Crippen LogP contribution in [0.3, 0.4) is 0 Å². The molecule has 14 heteroatoms. The van der Waals surface area contributed by atoms with Crippen molar-refractivity contribution in [1.29, 1.82) is 0 Å². The van der Waals surface area contributed by atoms with Gasteiger partial charge in [-0.2, -0.15) is 0 Å². The van der Waals surface area contributed by atoms with Crippen LogP contribution < -0.4 is 9.80 Å². The highest BCUT2D eigenvalue weighted by Gasteiger charge is 2.39. The van der Waals surface area contributed by atoms with Crippen LogP contribution in [0.4, 0.5) is 11.9 Å². The van der Waals surface area contributed by atoms with E-state index in [1.165, 1.54) is 0 Å². The third kappa shape index (κ3) is 12.6. The maximum absolute atomic E-state index is 12.8. The number of carbonyl (C=O) groups is 2. The van der Waals surface area contributed by atoms with E-state index in [4.69, 9.17) is 9.47 Å². The lowest BCUT2D eigenvalue weighted by Gasteiger charge is -2.34. The fourth-order valence-electron chi connectivity index (χ4n) is 6.75. The van der Waals surface area contributed by atoms with Gasteiger partial charge in [0.2, 0.25) is 11.9 Å². The number of hydrogen-bond acceptors (Lipinski definition) is 12. The molecule has 3 fully saturated rings. The zero-order valence-electron chi connectivity index (χ0n) is 27.5. The molecule has 2 aromatic heterocycles. The van der Waals surface area contributed by atoms with Crippen LogP contribution >= 0.6 is 24.8 Å². The molecule has 2 aliphatic heterocycles. The van der Waals surface area contributed by atoms with E-state index in [0.717, 1.165) is 129 Å². The molecule has 0 radical (unpaired) electrons. The van der Waals surface area contributed by atoms with Gasteiger partial charge in [0.05, 0.1) is 26.1 Å². The van der Waals surface area contributed by atoms with E-state index in [1.54, 1.807) is 24.8 Å². The lowest BCUT2D eigenvalue weighted by atomic mass is 9.79. The van der Waals surface area contributed by atoms with Crippen molar-refractivity contribution in [2.24, 2.45) is 5.41 Å². The quantitative estimate of drug-likeness (QED) is 0.186. The molecule has 2 saturated heterocycles. The van der Waals surface area contributed by atoms with Crippen molar-refractivity contribution < 1.29 is 19.1 Å². The highest BCUT2D eigenvalue weighted by molar-refractivity contribution is 5.85. The number of rotatable bonds is 16. The van der Waals surface area contributed by atoms with Crippen LogP contribution in [-0.2, 0) is 19.1 Å². The van der Waals surface area contributed by atoms with Gasteiger partial charge in [0, 0.05) is 77.1 Å². The van der Waals surface area contributed by atoms with Gasteiger partial charge in [-0.3, -0.25) is 19.4 Å². The summed E-state index contributed by atoms with van der Waals surface area (Å²) in [6.45, 7) is 10.5. The van der Waals surface area contributed by atoms with Gasteiger partial charge in [0.25, 0.3) is 0 Å². The summed E-state index contributed by atoms with van der Waals surface area (Å²) in [5, 5.41) is 0. The molecule has 0 aromatic carbocycles. The fourth-order valence-corrected chi connectivity index (χ4v) is 6.75. The third-order valence-corrected chi connectivity index (χ3v) is 9.38. The molecule has 2 aromatic rings. The molecule has 0 spiro atoms. The number of esters is 2. The Kier molecular flexibility index (Phi) is 16.9. The van der Waals surface area contributed by atoms with E-state index in [1.807, 2.05) is 12.1 Å². The summed E-state index contributed by atoms with van der Waals surface area (Å²) in [5.41, 5.74) is -0.307. The first kappa shape index (κ1) is 38.6. The molecule has 0 unspecified atom stereocenters. The van der Waals surface area contributed by atoms with Gasteiger partial charge in [-0.25, -0.2) is 19.9 Å². The normalized spacial score (nSPS) is 18.2. The smallest absolute Gasteiger partial charge is 0.306 e. The number of halogens is 2. The molecule has 12 nitrogen and oxygen atoms in total. The number of carbonyl (C=O) groups excluding carboxylic acids is 2. The van der Waals surface area contributed by atoms with E-state index in [-0.39, 0.29) is 42.2 Å². The Morgan fingerprint density at radius 3 is 1.36 bits per heavy atom. The van der Waals surface area contributed by atoms with Gasteiger partial charge in [-0.1, -0.05) is 12.8 Å². The van der Waals surface area contributed by atoms with E-state index in [2.05, 4.69) is 39.5 Å². The standard InChI is InChI=1S/C33H50N8O4.2ClH/c42-29(44-25-5-3-15-38-17-21-40(22-18-38)31-34-11-7-12-35-31)27-33(9-1-2-10-33)28-30(43)45-26-6-4-16-39-19-23-41(24-20-39)32-36-13-8-14-37-32;;/h7-8,11-14H,1-6,9-10,15-28H2;2*1H. The van der Waals surface area contributed by atoms with Crippen molar-refractivity contribution in [3.63, 3.8) is 0 Å². The van der Waals surface area contributed by atoms with Gasteiger partial charge >= 0.3 is 11.9 Å². The van der Waals surface area contributed by atoms with Gasteiger partial charge in [-0.05, 0) is 69.2 Å². The van der Waals surface area contributed by atoms with Crippen LogP contribution in [0.5, 0.6) is 0 Å². The molecular weight excluding hydrogens is 643 g/mol. The number of piperazine rings is 2. The average Bonchev–Trinajstić information content (AvgIpc) is 3.53. The lowest BCUT2D eigenvalue weighted by Crippen LogP contribution is -2.47. The molecule has 0 N–H and O–H groups in total. The maximum atomic E-state index is 12.8. The van der Waals surface area contributed by atoms with Crippen LogP contribution in [0.2, 0.25) is 0 Å². The minimum Gasteiger partial charge on any atom is -0.466 e. The maximum Gasteiger partial charge on any atom is 0.306 e. The van der Waals surface area contributed by atoms with Crippen molar-refractivity contribution in [3.8, 4) is 0 Å². The van der Waals surface area contributed by atoms with Crippen LogP contribution in [0.15, 0.2) is 36.9 Å². The van der Waals surface area contributed by atoms with E-state index >= 15 is 0 Å². The molecule has 1 saturated carbocycles. The number of nitrogens with zero attached hydrogens (tertiary/aromatic N) is 8. The summed E-state index contributed by atoms with van der Waals surface area (Å²) in [4.78, 5) is 52.2. The zero-order valence-corrected chi connectivity index (χ0v) is 29.2. The van der Waals surface area contributed by atoms with Crippen molar-refractivity contribution in [2.75, 3.05) is 88.5 Å². The Hall–Kier alpha value is -2.80. The monoisotopic (exact) mass is 694 g/mol. The highest BCUT2D eigenvalue weighted by Crippen LogP contribution is 2.44. The first-order valence-electron chi connectivity index (χ1n) is 16.9. The van der Waals surface area contributed by atoms with Crippen molar-refractivity contribution in [2.45, 2.75) is 64.2 Å². The number of anilines is 2. The molecular formula is C33H52Cl2N8O4. The Morgan fingerprint density at radius 2 is 0.979 bits per heavy atom. The molecule has 4 heterocycles. The Labute approximate surface area is 291 Å². The topological polar surface area (TPSA) is 117 Å². The molecule has 3 aliphatic rings. The van der Waals surface area contributed by atoms with Crippen molar-refractivity contribution in [3.05, 3.63) is 36.9 Å². The predicted molar refractivity (Wildman–Crippen MR) is 186 cm³/mol. The SMILES string of the molecule is Cl.Cl.O=C(CC1(CC(=O)OCCCCN2CCN(c3ncccn3)CC2)CCCC1)OCCCCN1CCN(c2ncccn2)CC1. The minimum absolute atomic E-state index is 0. The Morgan fingerprint density at radius 1 is 0.596 bits per heavy atom. The van der Waals surface area contributed by atoms with Crippen LogP contribution in [0.25, 0.3) is 0 Å². The molecule has 5 rings (SSSR count). The summed E-state index contributed by atoms with van der Waals surface area (Å²) in [5.74, 6) is 1.24. The van der Waals surface area contributed by atoms with Gasteiger partial charge < -0.3 is 19.3 Å². The van der Waals surface area contributed by atoms with E-state index in [9.17, 15) is 9.59 Å². The fraction of sp³-hybridized carbons (Fsp3) is 0.697. The summed E-state index contributed by atoms with van der Waals surface area (Å²) >= 11 is 0. The number of unbranched alkanes of at least 4 members (excludes halogenated alkanes) is 2. The van der Waals surface area contributed by atoms with Crippen LogP contribution in [0, 0.1) is 5.41 Å². The third-order valence-electron chi connectivity index (χ3n) is 9.38. The van der Waals surface area contributed by atoms with E-state index in [0.29, 0.717) is 26.1 Å². The molecule has 0 bridgehead atoms. The van der Waals surface area contributed by atoms with Gasteiger partial charge in [0.15, 0.2) is 0 Å². The first-order chi connectivity index (χ1) is 22.1. The highest BCUT2D eigenvalue weighted by atomic mass is 35.5. The zero-order chi connectivity index (χ0) is 31.2. The summed E-state index contributed by atoms with van der Waals surface area (Å²) in [6, 6.07) is 3.68. The average molecular weight is 696 g/mol. The van der Waals surface area contributed by atoms with Crippen LogP contribution in [0.1, 0.15) is 64.2 Å². The molecule has 262 valence electrons. The summed E-state index contributed by atoms with van der Waals surface area (Å²) in [6.07, 6.45) is 15.3. The molecule has 0 atom stereocenters. The second-order valence-electron chi connectivity index (χ2n) is 12.7. The number of ether oxygens (including phenoxy) is 2. The first-order valence-corrected chi connectivity index (χ1v) is 16.9. The van der Waals surface area contributed by atoms with Gasteiger partial charge in [-0.15, -0.1) is 24.8 Å². The molecule has 0 amide bonds. The van der Waals surface area contributed by atoms with Crippen molar-refractivity contribution >= 4 is 48.6 Å². The second kappa shape index (κ2) is 20.5. The predicted octanol–water partition coefficient (Wildman–Crippen LogP) is 4.04. The van der Waals surface area contributed by atoms with Crippen LogP contribution in [-0.4, -0.2) is 120 Å². The Balaban J connectivity index is 0.00000300. The largest absolute Gasteiger partial charge is 0.466 e. The van der Waals surface area contributed by atoms with Gasteiger partial charge in [0.1, 0.15) is 0 Å².